The first kappa shape index (κ1) is 12.3. The highest BCUT2D eigenvalue weighted by Gasteiger charge is 2.46. The third kappa shape index (κ3) is 1.90. The minimum Gasteiger partial charge on any atom is -0.468 e. The number of carbonyl (C=O) groups is 1. The van der Waals surface area contributed by atoms with E-state index in [4.69, 9.17) is 10.5 Å². The monoisotopic (exact) mass is 251 g/mol. The summed E-state index contributed by atoms with van der Waals surface area (Å²) in [5.41, 5.74) is 7.25. The molecule has 2 rings (SSSR count). The molecule has 1 aromatic rings. The number of carbonyl (C=O) groups excluding carboxylic acids is 1. The van der Waals surface area contributed by atoms with Gasteiger partial charge in [-0.15, -0.1) is 11.8 Å². The van der Waals surface area contributed by atoms with Gasteiger partial charge in [0.25, 0.3) is 0 Å². The number of hydrogen-bond donors (Lipinski definition) is 1. The molecule has 1 aliphatic rings. The van der Waals surface area contributed by atoms with Crippen LogP contribution in [0, 0.1) is 0 Å². The van der Waals surface area contributed by atoms with Gasteiger partial charge in [-0.2, -0.15) is 0 Å². The van der Waals surface area contributed by atoms with Crippen molar-refractivity contribution in [2.75, 3.05) is 19.1 Å². The summed E-state index contributed by atoms with van der Waals surface area (Å²) in [5, 5.41) is 0. The molecule has 2 N–H and O–H groups in total. The largest absolute Gasteiger partial charge is 0.468 e. The molecule has 0 saturated heterocycles. The third-order valence-electron chi connectivity index (χ3n) is 3.57. The Morgan fingerprint density at radius 2 is 2.18 bits per heavy atom. The summed E-state index contributed by atoms with van der Waals surface area (Å²) in [6.07, 6.45) is 4.81. The molecule has 0 radical (unpaired) electrons. The molecule has 0 heterocycles. The van der Waals surface area contributed by atoms with Crippen LogP contribution in [0.25, 0.3) is 0 Å². The third-order valence-corrected chi connectivity index (χ3v) is 4.36. The lowest BCUT2D eigenvalue weighted by Crippen LogP contribution is -2.43. The second kappa shape index (κ2) is 4.61. The minimum absolute atomic E-state index is 0.124. The molecule has 0 atom stereocenters. The van der Waals surface area contributed by atoms with Gasteiger partial charge >= 0.3 is 5.97 Å². The van der Waals surface area contributed by atoms with E-state index in [9.17, 15) is 4.79 Å². The van der Waals surface area contributed by atoms with Gasteiger partial charge in [-0.05, 0) is 36.8 Å². The fraction of sp³-hybridized carbons (Fsp3) is 0.462. The molecule has 1 aliphatic carbocycles. The Morgan fingerprint density at radius 1 is 1.47 bits per heavy atom. The lowest BCUT2D eigenvalue weighted by Gasteiger charge is -2.39. The highest BCUT2D eigenvalue weighted by atomic mass is 32.2. The van der Waals surface area contributed by atoms with E-state index in [0.717, 1.165) is 35.4 Å². The van der Waals surface area contributed by atoms with Crippen LogP contribution < -0.4 is 5.73 Å². The van der Waals surface area contributed by atoms with Crippen LogP contribution in [0.4, 0.5) is 5.69 Å². The molecule has 92 valence electrons. The maximum Gasteiger partial charge on any atom is 0.316 e. The summed E-state index contributed by atoms with van der Waals surface area (Å²) in [4.78, 5) is 13.0. The van der Waals surface area contributed by atoms with Crippen molar-refractivity contribution in [3.8, 4) is 0 Å². The zero-order valence-corrected chi connectivity index (χ0v) is 11.0. The van der Waals surface area contributed by atoms with Crippen molar-refractivity contribution in [3.63, 3.8) is 0 Å². The molecule has 0 amide bonds. The Morgan fingerprint density at radius 3 is 2.65 bits per heavy atom. The number of benzene rings is 1. The van der Waals surface area contributed by atoms with E-state index in [2.05, 4.69) is 0 Å². The highest BCUT2D eigenvalue weighted by molar-refractivity contribution is 7.98. The Kier molecular flexibility index (Phi) is 3.33. The number of nitrogen functional groups attached to an aromatic ring is 1. The van der Waals surface area contributed by atoms with Crippen LogP contribution in [0.15, 0.2) is 23.1 Å². The predicted octanol–water partition coefficient (Wildman–Crippen LogP) is 2.59. The molecular weight excluding hydrogens is 234 g/mol. The highest BCUT2D eigenvalue weighted by Crippen LogP contribution is 2.45. The van der Waals surface area contributed by atoms with Crippen LogP contribution in [-0.4, -0.2) is 19.3 Å². The van der Waals surface area contributed by atoms with E-state index in [1.54, 1.807) is 11.8 Å². The summed E-state index contributed by atoms with van der Waals surface area (Å²) in [6, 6.07) is 5.85. The summed E-state index contributed by atoms with van der Waals surface area (Å²) in [6.45, 7) is 0. The molecule has 0 aliphatic heterocycles. The average molecular weight is 251 g/mol. The molecule has 17 heavy (non-hydrogen) atoms. The van der Waals surface area contributed by atoms with Gasteiger partial charge in [-0.3, -0.25) is 4.79 Å². The number of hydrogen-bond acceptors (Lipinski definition) is 4. The lowest BCUT2D eigenvalue weighted by atomic mass is 9.64. The Labute approximate surface area is 106 Å². The number of methoxy groups -OCH3 is 1. The molecule has 0 bridgehead atoms. The topological polar surface area (TPSA) is 52.3 Å². The van der Waals surface area contributed by atoms with Crippen molar-refractivity contribution in [3.05, 3.63) is 23.8 Å². The van der Waals surface area contributed by atoms with Gasteiger partial charge in [0.15, 0.2) is 0 Å². The van der Waals surface area contributed by atoms with Gasteiger partial charge in [-0.25, -0.2) is 0 Å². The summed E-state index contributed by atoms with van der Waals surface area (Å²) >= 11 is 1.60. The van der Waals surface area contributed by atoms with Crippen molar-refractivity contribution in [1.82, 2.24) is 0 Å². The number of esters is 1. The smallest absolute Gasteiger partial charge is 0.316 e. The second-order valence-corrected chi connectivity index (χ2v) is 5.23. The quantitative estimate of drug-likeness (QED) is 0.509. The van der Waals surface area contributed by atoms with Crippen molar-refractivity contribution in [2.45, 2.75) is 29.6 Å². The molecule has 3 nitrogen and oxygen atoms in total. The van der Waals surface area contributed by atoms with Gasteiger partial charge < -0.3 is 10.5 Å². The fourth-order valence-electron chi connectivity index (χ4n) is 2.35. The summed E-state index contributed by atoms with van der Waals surface area (Å²) < 4.78 is 4.94. The van der Waals surface area contributed by atoms with Gasteiger partial charge in [-0.1, -0.05) is 12.5 Å². The summed E-state index contributed by atoms with van der Waals surface area (Å²) in [5.74, 6) is -0.124. The molecule has 0 spiro atoms. The molecule has 4 heteroatoms. The van der Waals surface area contributed by atoms with Gasteiger partial charge in [0.2, 0.25) is 0 Å². The number of thioether (sulfide) groups is 1. The van der Waals surface area contributed by atoms with E-state index in [0.29, 0.717) is 0 Å². The Bertz CT molecular complexity index is 441. The number of rotatable bonds is 3. The lowest BCUT2D eigenvalue weighted by molar-refractivity contribution is -0.151. The van der Waals surface area contributed by atoms with Crippen LogP contribution in [0.3, 0.4) is 0 Å². The van der Waals surface area contributed by atoms with Crippen molar-refractivity contribution in [1.29, 1.82) is 0 Å². The summed E-state index contributed by atoms with van der Waals surface area (Å²) in [7, 11) is 1.45. The second-order valence-electron chi connectivity index (χ2n) is 4.38. The number of anilines is 1. The first-order valence-electron chi connectivity index (χ1n) is 5.66. The zero-order chi connectivity index (χ0) is 12.5. The molecule has 1 saturated carbocycles. The maximum atomic E-state index is 11.9. The van der Waals surface area contributed by atoms with E-state index in [1.165, 1.54) is 7.11 Å². The molecule has 0 aromatic heterocycles. The molecule has 0 unspecified atom stereocenters. The normalized spacial score (nSPS) is 17.3. The predicted molar refractivity (Wildman–Crippen MR) is 70.2 cm³/mol. The van der Waals surface area contributed by atoms with Crippen LogP contribution in [0.2, 0.25) is 0 Å². The van der Waals surface area contributed by atoms with Crippen LogP contribution >= 0.6 is 11.8 Å². The first-order valence-corrected chi connectivity index (χ1v) is 6.89. The van der Waals surface area contributed by atoms with Gasteiger partial charge in [0.1, 0.15) is 0 Å². The van der Waals surface area contributed by atoms with Gasteiger partial charge in [0.05, 0.1) is 12.5 Å². The number of nitrogens with two attached hydrogens (primary N) is 1. The van der Waals surface area contributed by atoms with E-state index >= 15 is 0 Å². The number of ether oxygens (including phenoxy) is 1. The molecule has 1 fully saturated rings. The minimum atomic E-state index is -0.424. The van der Waals surface area contributed by atoms with Crippen LogP contribution in [0.5, 0.6) is 0 Å². The zero-order valence-electron chi connectivity index (χ0n) is 10.2. The van der Waals surface area contributed by atoms with E-state index in [1.807, 2.05) is 24.5 Å². The van der Waals surface area contributed by atoms with E-state index in [-0.39, 0.29) is 5.97 Å². The maximum absolute atomic E-state index is 11.9. The fourth-order valence-corrected chi connectivity index (χ4v) is 2.89. The van der Waals surface area contributed by atoms with Crippen molar-refractivity contribution < 1.29 is 9.53 Å². The van der Waals surface area contributed by atoms with Gasteiger partial charge in [0, 0.05) is 10.6 Å². The first-order chi connectivity index (χ1) is 8.14. The van der Waals surface area contributed by atoms with Crippen molar-refractivity contribution in [2.24, 2.45) is 0 Å². The molecule has 1 aromatic carbocycles. The van der Waals surface area contributed by atoms with Crippen LogP contribution in [0.1, 0.15) is 24.8 Å². The van der Waals surface area contributed by atoms with Crippen molar-refractivity contribution >= 4 is 23.4 Å². The SMILES string of the molecule is COC(=O)C1(c2ccc(N)c(SC)c2)CCC1. The molecular formula is C13H17NO2S. The Hall–Kier alpha value is -1.16. The van der Waals surface area contributed by atoms with E-state index < -0.39 is 5.41 Å². The standard InChI is InChI=1S/C13H17NO2S/c1-16-12(15)13(6-3-7-13)9-4-5-10(14)11(8-9)17-2/h4-5,8H,3,6-7,14H2,1-2H3. The van der Waals surface area contributed by atoms with Crippen LogP contribution in [-0.2, 0) is 14.9 Å². The average Bonchev–Trinajstić information content (AvgIpc) is 2.29. The Balaban J connectivity index is 2.41.